The Morgan fingerprint density at radius 1 is 1.08 bits per heavy atom. The van der Waals surface area contributed by atoms with Gasteiger partial charge in [-0.2, -0.15) is 10.1 Å². The number of nitrogens with zero attached hydrogens (tertiary/aromatic N) is 5. The fourth-order valence-electron chi connectivity index (χ4n) is 3.01. The normalized spacial score (nSPS) is 15.6. The Kier molecular flexibility index (Phi) is 5.05. The smallest absolute Gasteiger partial charge is 0.245 e. The van der Waals surface area contributed by atoms with Gasteiger partial charge in [-0.1, -0.05) is 47.3 Å². The fourth-order valence-corrected chi connectivity index (χ4v) is 3.43. The zero-order valence-electron chi connectivity index (χ0n) is 14.0. The topological polar surface area (TPSA) is 101 Å². The molecule has 2 heterocycles. The van der Waals surface area contributed by atoms with E-state index in [1.165, 1.54) is 19.3 Å². The Hall–Kier alpha value is -2.55. The van der Waals surface area contributed by atoms with Crippen LogP contribution in [-0.2, 0) is 0 Å². The molecule has 0 unspecified atom stereocenters. The maximum atomic E-state index is 4.73. The summed E-state index contributed by atoms with van der Waals surface area (Å²) in [4.78, 5) is 8.91. The Labute approximate surface area is 158 Å². The number of aromatic nitrogens is 4. The molecule has 0 atom stereocenters. The van der Waals surface area contributed by atoms with Crippen molar-refractivity contribution in [1.82, 2.24) is 20.3 Å². The third-order valence-electron chi connectivity index (χ3n) is 4.29. The summed E-state index contributed by atoms with van der Waals surface area (Å²) in [7, 11) is 0. The van der Waals surface area contributed by atoms with Crippen LogP contribution >= 0.6 is 15.9 Å². The van der Waals surface area contributed by atoms with Gasteiger partial charge in [0.2, 0.25) is 11.3 Å². The third-order valence-corrected chi connectivity index (χ3v) is 4.79. The van der Waals surface area contributed by atoms with E-state index >= 15 is 0 Å². The highest BCUT2D eigenvalue weighted by Gasteiger charge is 2.18. The van der Waals surface area contributed by atoms with Crippen molar-refractivity contribution < 1.29 is 4.63 Å². The van der Waals surface area contributed by atoms with Gasteiger partial charge in [0.15, 0.2) is 11.6 Å². The standard InChI is InChI=1S/C17H18BrN7O/c18-12-6-4-5-11(9-12)10-19-23-15-14(20-13-7-2-1-3-8-13)21-16-17(22-15)25-26-24-16/h4-6,9-10,13H,1-3,7-8H2,(H,20,21,24)(H,22,23,25)/b19-10+. The lowest BCUT2D eigenvalue weighted by molar-refractivity contribution is 0.314. The lowest BCUT2D eigenvalue weighted by atomic mass is 9.95. The predicted octanol–water partition coefficient (Wildman–Crippen LogP) is 3.97. The molecule has 0 spiro atoms. The minimum atomic E-state index is 0.347. The fraction of sp³-hybridized carbons (Fsp3) is 0.353. The Morgan fingerprint density at radius 2 is 1.85 bits per heavy atom. The van der Waals surface area contributed by atoms with Gasteiger partial charge >= 0.3 is 0 Å². The summed E-state index contributed by atoms with van der Waals surface area (Å²) in [6.07, 6.45) is 7.71. The van der Waals surface area contributed by atoms with Crippen molar-refractivity contribution in [2.45, 2.75) is 38.1 Å². The first kappa shape index (κ1) is 16.9. The van der Waals surface area contributed by atoms with E-state index in [0.717, 1.165) is 22.9 Å². The Balaban J connectivity index is 1.56. The van der Waals surface area contributed by atoms with Crippen LogP contribution in [0, 0.1) is 0 Å². The number of nitrogens with one attached hydrogen (secondary N) is 2. The van der Waals surface area contributed by atoms with Gasteiger partial charge in [-0.05, 0) is 40.9 Å². The predicted molar refractivity (Wildman–Crippen MR) is 103 cm³/mol. The maximum Gasteiger partial charge on any atom is 0.245 e. The monoisotopic (exact) mass is 415 g/mol. The summed E-state index contributed by atoms with van der Waals surface area (Å²) >= 11 is 3.45. The van der Waals surface area contributed by atoms with E-state index in [1.807, 2.05) is 24.3 Å². The van der Waals surface area contributed by atoms with Crippen LogP contribution in [0.4, 0.5) is 11.6 Å². The molecule has 1 aromatic carbocycles. The van der Waals surface area contributed by atoms with Crippen LogP contribution in [0.25, 0.3) is 11.3 Å². The average Bonchev–Trinajstić information content (AvgIpc) is 3.10. The van der Waals surface area contributed by atoms with E-state index in [0.29, 0.717) is 29.0 Å². The van der Waals surface area contributed by atoms with Crippen LogP contribution < -0.4 is 10.7 Å². The van der Waals surface area contributed by atoms with Crippen LogP contribution in [0.2, 0.25) is 0 Å². The second kappa shape index (κ2) is 7.77. The number of fused-ring (bicyclic) bond motifs is 1. The van der Waals surface area contributed by atoms with Gasteiger partial charge < -0.3 is 5.32 Å². The molecule has 2 N–H and O–H groups in total. The number of hydrazone groups is 1. The minimum Gasteiger partial charge on any atom is -0.364 e. The molecule has 1 saturated carbocycles. The number of rotatable bonds is 5. The van der Waals surface area contributed by atoms with Gasteiger partial charge in [-0.3, -0.25) is 5.43 Å². The molecule has 8 nitrogen and oxygen atoms in total. The van der Waals surface area contributed by atoms with E-state index in [4.69, 9.17) is 4.63 Å². The number of benzene rings is 1. The van der Waals surface area contributed by atoms with Crippen LogP contribution in [0.3, 0.4) is 0 Å². The van der Waals surface area contributed by atoms with Crippen LogP contribution in [0.15, 0.2) is 38.5 Å². The summed E-state index contributed by atoms with van der Waals surface area (Å²) in [5.74, 6) is 1.12. The van der Waals surface area contributed by atoms with Crippen LogP contribution in [-0.4, -0.2) is 32.5 Å². The highest BCUT2D eigenvalue weighted by atomic mass is 79.9. The van der Waals surface area contributed by atoms with E-state index in [2.05, 4.69) is 52.1 Å². The van der Waals surface area contributed by atoms with Gasteiger partial charge in [0.1, 0.15) is 0 Å². The first-order valence-corrected chi connectivity index (χ1v) is 9.39. The molecule has 2 aromatic heterocycles. The summed E-state index contributed by atoms with van der Waals surface area (Å²) in [5, 5.41) is 15.3. The number of hydrogen-bond donors (Lipinski definition) is 2. The second-order valence-corrected chi connectivity index (χ2v) is 7.15. The highest BCUT2D eigenvalue weighted by molar-refractivity contribution is 9.10. The maximum absolute atomic E-state index is 4.73. The first-order chi connectivity index (χ1) is 12.8. The molecule has 26 heavy (non-hydrogen) atoms. The van der Waals surface area contributed by atoms with Gasteiger partial charge in [-0.25, -0.2) is 9.61 Å². The average molecular weight is 416 g/mol. The summed E-state index contributed by atoms with van der Waals surface area (Å²) in [5.41, 5.74) is 4.65. The molecular formula is C17H18BrN7O. The van der Waals surface area contributed by atoms with Crippen molar-refractivity contribution >= 4 is 45.1 Å². The molecule has 0 amide bonds. The molecule has 3 aromatic rings. The van der Waals surface area contributed by atoms with Gasteiger partial charge in [0, 0.05) is 10.5 Å². The zero-order valence-corrected chi connectivity index (χ0v) is 15.6. The SMILES string of the molecule is Brc1cccc(/C=N/Nc2nc3nonc3nc2NC2CCCCC2)c1. The lowest BCUT2D eigenvalue weighted by Gasteiger charge is -2.23. The van der Waals surface area contributed by atoms with E-state index < -0.39 is 0 Å². The number of anilines is 2. The van der Waals surface area contributed by atoms with Crippen molar-refractivity contribution in [2.24, 2.45) is 5.10 Å². The highest BCUT2D eigenvalue weighted by Crippen LogP contribution is 2.25. The minimum absolute atomic E-state index is 0.347. The van der Waals surface area contributed by atoms with E-state index in [-0.39, 0.29) is 0 Å². The zero-order chi connectivity index (χ0) is 17.8. The molecular weight excluding hydrogens is 398 g/mol. The van der Waals surface area contributed by atoms with Crippen molar-refractivity contribution in [3.8, 4) is 0 Å². The Bertz CT molecular complexity index is 920. The van der Waals surface area contributed by atoms with Crippen molar-refractivity contribution in [3.63, 3.8) is 0 Å². The number of hydrogen-bond acceptors (Lipinski definition) is 8. The first-order valence-electron chi connectivity index (χ1n) is 8.59. The molecule has 0 saturated heterocycles. The van der Waals surface area contributed by atoms with Gasteiger partial charge in [0.05, 0.1) is 6.21 Å². The Morgan fingerprint density at radius 3 is 2.62 bits per heavy atom. The van der Waals surface area contributed by atoms with Crippen LogP contribution in [0.5, 0.6) is 0 Å². The van der Waals surface area contributed by atoms with Crippen molar-refractivity contribution in [2.75, 3.05) is 10.7 Å². The molecule has 1 fully saturated rings. The molecule has 9 heteroatoms. The second-order valence-electron chi connectivity index (χ2n) is 6.24. The van der Waals surface area contributed by atoms with Crippen LogP contribution in [0.1, 0.15) is 37.7 Å². The molecule has 0 radical (unpaired) electrons. The molecule has 0 aliphatic heterocycles. The summed E-state index contributed by atoms with van der Waals surface area (Å²) < 4.78 is 5.72. The largest absolute Gasteiger partial charge is 0.364 e. The van der Waals surface area contributed by atoms with Gasteiger partial charge in [0.25, 0.3) is 0 Å². The molecule has 134 valence electrons. The quantitative estimate of drug-likeness (QED) is 0.480. The van der Waals surface area contributed by atoms with Crippen molar-refractivity contribution in [3.05, 3.63) is 34.3 Å². The van der Waals surface area contributed by atoms with E-state index in [1.54, 1.807) is 6.21 Å². The molecule has 0 bridgehead atoms. The lowest BCUT2D eigenvalue weighted by Crippen LogP contribution is -2.23. The summed E-state index contributed by atoms with van der Waals surface area (Å²) in [6, 6.07) is 8.24. The molecule has 1 aliphatic carbocycles. The third kappa shape index (κ3) is 3.98. The van der Waals surface area contributed by atoms with Gasteiger partial charge in [-0.15, -0.1) is 0 Å². The number of halogens is 1. The molecule has 1 aliphatic rings. The van der Waals surface area contributed by atoms with E-state index in [9.17, 15) is 0 Å². The summed E-state index contributed by atoms with van der Waals surface area (Å²) in [6.45, 7) is 0. The van der Waals surface area contributed by atoms with Crippen molar-refractivity contribution in [1.29, 1.82) is 0 Å². The molecule has 4 rings (SSSR count).